The van der Waals surface area contributed by atoms with Gasteiger partial charge in [-0.3, -0.25) is 0 Å². The first-order valence-corrected chi connectivity index (χ1v) is 4.71. The van der Waals surface area contributed by atoms with Crippen LogP contribution in [-0.4, -0.2) is 25.3 Å². The second-order valence-electron chi connectivity index (χ2n) is 3.12. The van der Waals surface area contributed by atoms with Crippen molar-refractivity contribution in [3.05, 3.63) is 11.6 Å². The molecular weight excluding hydrogens is 168 g/mol. The molecular formula is C10H16O3. The minimum atomic E-state index is -0.195. The van der Waals surface area contributed by atoms with Gasteiger partial charge in [-0.15, -0.1) is 0 Å². The average Bonchev–Trinajstić information content (AvgIpc) is 2.93. The van der Waals surface area contributed by atoms with Gasteiger partial charge in [-0.25, -0.2) is 4.79 Å². The van der Waals surface area contributed by atoms with Gasteiger partial charge in [-0.05, 0) is 13.3 Å². The molecule has 0 aromatic carbocycles. The highest BCUT2D eigenvalue weighted by Gasteiger charge is 2.24. The highest BCUT2D eigenvalue weighted by atomic mass is 16.6. The molecule has 1 aliphatic rings. The summed E-state index contributed by atoms with van der Waals surface area (Å²) in [5.41, 5.74) is 0.767. The van der Waals surface area contributed by atoms with Crippen LogP contribution in [0, 0.1) is 0 Å². The molecule has 1 rings (SSSR count). The van der Waals surface area contributed by atoms with Crippen molar-refractivity contribution in [2.45, 2.75) is 32.8 Å². The van der Waals surface area contributed by atoms with E-state index in [0.717, 1.165) is 25.0 Å². The second kappa shape index (κ2) is 5.02. The number of carbonyl (C=O) groups excluding carboxylic acids is 1. The third-order valence-electron chi connectivity index (χ3n) is 1.93. The Morgan fingerprint density at radius 3 is 2.85 bits per heavy atom. The van der Waals surface area contributed by atoms with Crippen molar-refractivity contribution < 1.29 is 14.3 Å². The highest BCUT2D eigenvalue weighted by molar-refractivity contribution is 5.88. The fourth-order valence-corrected chi connectivity index (χ4v) is 1.06. The summed E-state index contributed by atoms with van der Waals surface area (Å²) < 4.78 is 9.97. The Morgan fingerprint density at radius 2 is 2.38 bits per heavy atom. The molecule has 13 heavy (non-hydrogen) atoms. The molecule has 0 spiro atoms. The van der Waals surface area contributed by atoms with Crippen LogP contribution in [0.25, 0.3) is 0 Å². The molecule has 1 fully saturated rings. The lowest BCUT2D eigenvalue weighted by Gasteiger charge is -2.04. The predicted molar refractivity (Wildman–Crippen MR) is 49.4 cm³/mol. The van der Waals surface area contributed by atoms with Gasteiger partial charge in [0.1, 0.15) is 12.7 Å². The van der Waals surface area contributed by atoms with Crippen molar-refractivity contribution in [2.75, 3.05) is 13.2 Å². The first-order chi connectivity index (χ1) is 6.27. The lowest BCUT2D eigenvalue weighted by molar-refractivity contribution is -0.139. The highest BCUT2D eigenvalue weighted by Crippen LogP contribution is 2.12. The SMILES string of the molecule is CC=C(CCC)C(=O)OCC1CO1. The van der Waals surface area contributed by atoms with E-state index >= 15 is 0 Å². The van der Waals surface area contributed by atoms with Crippen LogP contribution in [0.2, 0.25) is 0 Å². The van der Waals surface area contributed by atoms with E-state index in [0.29, 0.717) is 6.61 Å². The maximum atomic E-state index is 11.4. The van der Waals surface area contributed by atoms with Crippen LogP contribution < -0.4 is 0 Å². The van der Waals surface area contributed by atoms with Gasteiger partial charge < -0.3 is 9.47 Å². The van der Waals surface area contributed by atoms with Crippen molar-refractivity contribution in [1.82, 2.24) is 0 Å². The Kier molecular flexibility index (Phi) is 3.96. The molecule has 3 heteroatoms. The standard InChI is InChI=1S/C10H16O3/c1-3-5-8(4-2)10(11)13-7-9-6-12-9/h4,9H,3,5-7H2,1-2H3. The van der Waals surface area contributed by atoms with Crippen LogP contribution in [0.3, 0.4) is 0 Å². The summed E-state index contributed by atoms with van der Waals surface area (Å²) >= 11 is 0. The number of hydrogen-bond donors (Lipinski definition) is 0. The monoisotopic (exact) mass is 184 g/mol. The lowest BCUT2D eigenvalue weighted by Crippen LogP contribution is -2.11. The summed E-state index contributed by atoms with van der Waals surface area (Å²) in [5, 5.41) is 0. The molecule has 0 amide bonds. The van der Waals surface area contributed by atoms with Crippen molar-refractivity contribution in [3.63, 3.8) is 0 Å². The summed E-state index contributed by atoms with van der Waals surface area (Å²) in [7, 11) is 0. The third-order valence-corrected chi connectivity index (χ3v) is 1.93. The van der Waals surface area contributed by atoms with Gasteiger partial charge in [-0.2, -0.15) is 0 Å². The summed E-state index contributed by atoms with van der Waals surface area (Å²) in [4.78, 5) is 11.4. The second-order valence-corrected chi connectivity index (χ2v) is 3.12. The van der Waals surface area contributed by atoms with E-state index in [1.165, 1.54) is 0 Å². The summed E-state index contributed by atoms with van der Waals surface area (Å²) in [6.45, 7) is 5.03. The topological polar surface area (TPSA) is 38.8 Å². The van der Waals surface area contributed by atoms with E-state index in [1.807, 2.05) is 19.9 Å². The van der Waals surface area contributed by atoms with Gasteiger partial charge >= 0.3 is 5.97 Å². The number of hydrogen-bond acceptors (Lipinski definition) is 3. The Labute approximate surface area is 78.7 Å². The lowest BCUT2D eigenvalue weighted by atomic mass is 10.1. The molecule has 0 bridgehead atoms. The number of rotatable bonds is 5. The Morgan fingerprint density at radius 1 is 1.69 bits per heavy atom. The summed E-state index contributed by atoms with van der Waals surface area (Å²) in [5.74, 6) is -0.195. The summed E-state index contributed by atoms with van der Waals surface area (Å²) in [6.07, 6.45) is 3.73. The predicted octanol–water partition coefficient (Wildman–Crippen LogP) is 1.67. The van der Waals surface area contributed by atoms with Gasteiger partial charge in [0, 0.05) is 5.57 Å². The molecule has 0 aromatic heterocycles. The Bertz CT molecular complexity index is 204. The zero-order valence-electron chi connectivity index (χ0n) is 8.21. The van der Waals surface area contributed by atoms with E-state index in [9.17, 15) is 4.79 Å². The smallest absolute Gasteiger partial charge is 0.333 e. The first-order valence-electron chi connectivity index (χ1n) is 4.71. The quantitative estimate of drug-likeness (QED) is 0.370. The largest absolute Gasteiger partial charge is 0.459 e. The van der Waals surface area contributed by atoms with Crippen molar-refractivity contribution in [1.29, 1.82) is 0 Å². The number of esters is 1. The molecule has 1 atom stereocenters. The molecule has 0 saturated carbocycles. The molecule has 1 aliphatic heterocycles. The van der Waals surface area contributed by atoms with Crippen LogP contribution in [-0.2, 0) is 14.3 Å². The maximum Gasteiger partial charge on any atom is 0.333 e. The minimum absolute atomic E-state index is 0.156. The first kappa shape index (κ1) is 10.3. The third kappa shape index (κ3) is 3.59. The van der Waals surface area contributed by atoms with Crippen LogP contribution in [0.15, 0.2) is 11.6 Å². The molecule has 1 heterocycles. The van der Waals surface area contributed by atoms with Gasteiger partial charge in [0.2, 0.25) is 0 Å². The fraction of sp³-hybridized carbons (Fsp3) is 0.700. The van der Waals surface area contributed by atoms with Crippen molar-refractivity contribution in [2.24, 2.45) is 0 Å². The maximum absolute atomic E-state index is 11.4. The van der Waals surface area contributed by atoms with Gasteiger partial charge in [0.05, 0.1) is 6.61 Å². The van der Waals surface area contributed by atoms with Gasteiger partial charge in [0.15, 0.2) is 0 Å². The Hall–Kier alpha value is -0.830. The van der Waals surface area contributed by atoms with E-state index in [4.69, 9.17) is 9.47 Å². The normalized spacial score (nSPS) is 21.4. The van der Waals surface area contributed by atoms with Crippen LogP contribution in [0.1, 0.15) is 26.7 Å². The van der Waals surface area contributed by atoms with E-state index in [1.54, 1.807) is 0 Å². The van der Waals surface area contributed by atoms with E-state index in [-0.39, 0.29) is 12.1 Å². The van der Waals surface area contributed by atoms with Crippen LogP contribution in [0.5, 0.6) is 0 Å². The van der Waals surface area contributed by atoms with Crippen LogP contribution >= 0.6 is 0 Å². The molecule has 1 saturated heterocycles. The Balaban J connectivity index is 2.25. The summed E-state index contributed by atoms with van der Waals surface area (Å²) in [6, 6.07) is 0. The molecule has 1 unspecified atom stereocenters. The number of epoxide rings is 1. The molecule has 0 radical (unpaired) electrons. The minimum Gasteiger partial charge on any atom is -0.459 e. The van der Waals surface area contributed by atoms with E-state index < -0.39 is 0 Å². The number of allylic oxidation sites excluding steroid dienone is 1. The number of ether oxygens (including phenoxy) is 2. The van der Waals surface area contributed by atoms with Crippen molar-refractivity contribution in [3.8, 4) is 0 Å². The molecule has 0 aromatic rings. The molecule has 3 nitrogen and oxygen atoms in total. The molecule has 0 N–H and O–H groups in total. The van der Waals surface area contributed by atoms with Crippen LogP contribution in [0.4, 0.5) is 0 Å². The molecule has 74 valence electrons. The fourth-order valence-electron chi connectivity index (χ4n) is 1.06. The van der Waals surface area contributed by atoms with Gasteiger partial charge in [0.25, 0.3) is 0 Å². The zero-order chi connectivity index (χ0) is 9.68. The average molecular weight is 184 g/mol. The number of carbonyl (C=O) groups is 1. The zero-order valence-corrected chi connectivity index (χ0v) is 8.21. The molecule has 0 aliphatic carbocycles. The van der Waals surface area contributed by atoms with Crippen molar-refractivity contribution >= 4 is 5.97 Å². The van der Waals surface area contributed by atoms with Gasteiger partial charge in [-0.1, -0.05) is 19.4 Å². The van der Waals surface area contributed by atoms with E-state index in [2.05, 4.69) is 0 Å².